The molecule has 0 saturated carbocycles. The van der Waals surface area contributed by atoms with Crippen LogP contribution in [0.15, 0.2) is 36.4 Å². The summed E-state index contributed by atoms with van der Waals surface area (Å²) in [4.78, 5) is 0. The molecule has 100 valence electrons. The predicted octanol–water partition coefficient (Wildman–Crippen LogP) is 2.88. The minimum atomic E-state index is 0.133. The fourth-order valence-electron chi connectivity index (χ4n) is 1.69. The van der Waals surface area contributed by atoms with Crippen molar-refractivity contribution < 1.29 is 9.47 Å². The summed E-state index contributed by atoms with van der Waals surface area (Å²) in [7, 11) is 0. The third-order valence-corrected chi connectivity index (χ3v) is 3.01. The minimum absolute atomic E-state index is 0.133. The van der Waals surface area contributed by atoms with Crippen LogP contribution in [0.3, 0.4) is 0 Å². The van der Waals surface area contributed by atoms with E-state index in [-0.39, 0.29) is 6.79 Å². The molecule has 4 heteroatoms. The second-order valence-corrected chi connectivity index (χ2v) is 4.40. The van der Waals surface area contributed by atoms with E-state index in [1.165, 1.54) is 0 Å². The number of aryl methyl sites for hydroxylation is 1. The molecule has 0 heterocycles. The number of hydrogen-bond acceptors (Lipinski definition) is 4. The molecule has 4 N–H and O–H groups in total. The molecule has 19 heavy (non-hydrogen) atoms. The first kappa shape index (κ1) is 13.1. The number of nitrogen functional groups attached to an aromatic ring is 2. The molecule has 0 aliphatic heterocycles. The largest absolute Gasteiger partial charge is 0.457 e. The highest BCUT2D eigenvalue weighted by atomic mass is 16.7. The zero-order chi connectivity index (χ0) is 13.8. The molecule has 0 aliphatic rings. The lowest BCUT2D eigenvalue weighted by Crippen LogP contribution is -2.07. The Balaban J connectivity index is 1.96. The van der Waals surface area contributed by atoms with Gasteiger partial charge >= 0.3 is 0 Å². The minimum Gasteiger partial charge on any atom is -0.457 e. The molecule has 0 radical (unpaired) electrons. The zero-order valence-electron chi connectivity index (χ0n) is 11.1. The van der Waals surface area contributed by atoms with E-state index < -0.39 is 0 Å². The fraction of sp³-hybridized carbons (Fsp3) is 0.200. The average Bonchev–Trinajstić information content (AvgIpc) is 2.39. The lowest BCUT2D eigenvalue weighted by atomic mass is 10.2. The van der Waals surface area contributed by atoms with E-state index in [0.29, 0.717) is 5.69 Å². The summed E-state index contributed by atoms with van der Waals surface area (Å²) in [6.07, 6.45) is 0. The average molecular weight is 258 g/mol. The van der Waals surface area contributed by atoms with E-state index in [4.69, 9.17) is 20.9 Å². The van der Waals surface area contributed by atoms with Crippen molar-refractivity contribution >= 4 is 11.4 Å². The van der Waals surface area contributed by atoms with Crippen LogP contribution in [0.5, 0.6) is 11.5 Å². The molecule has 0 aliphatic carbocycles. The van der Waals surface area contributed by atoms with Crippen LogP contribution >= 0.6 is 0 Å². The summed E-state index contributed by atoms with van der Waals surface area (Å²) in [5.74, 6) is 1.46. The van der Waals surface area contributed by atoms with Crippen LogP contribution in [-0.4, -0.2) is 6.79 Å². The smallest absolute Gasteiger partial charge is 0.230 e. The Labute approximate surface area is 112 Å². The molecule has 2 aromatic carbocycles. The Morgan fingerprint density at radius 1 is 0.947 bits per heavy atom. The van der Waals surface area contributed by atoms with Crippen LogP contribution in [0.4, 0.5) is 11.4 Å². The van der Waals surface area contributed by atoms with Gasteiger partial charge in [-0.2, -0.15) is 0 Å². The van der Waals surface area contributed by atoms with Gasteiger partial charge in [-0.25, -0.2) is 0 Å². The van der Waals surface area contributed by atoms with Gasteiger partial charge in [-0.05, 0) is 49.7 Å². The molecule has 0 atom stereocenters. The number of anilines is 2. The standard InChI is InChI=1S/C15H18N2O2/c1-10-8-12(6-7-13(10)16)18-9-19-15-5-3-4-14(17)11(15)2/h3-8H,9,16-17H2,1-2H3. The van der Waals surface area contributed by atoms with E-state index in [0.717, 1.165) is 28.3 Å². The lowest BCUT2D eigenvalue weighted by molar-refractivity contribution is 0.119. The Morgan fingerprint density at radius 2 is 1.74 bits per heavy atom. The zero-order valence-corrected chi connectivity index (χ0v) is 11.1. The van der Waals surface area contributed by atoms with Crippen LogP contribution in [0, 0.1) is 13.8 Å². The van der Waals surface area contributed by atoms with Gasteiger partial charge in [-0.15, -0.1) is 0 Å². The Bertz CT molecular complexity index is 582. The third kappa shape index (κ3) is 3.10. The molecule has 0 bridgehead atoms. The van der Waals surface area contributed by atoms with E-state index >= 15 is 0 Å². The van der Waals surface area contributed by atoms with E-state index in [2.05, 4.69) is 0 Å². The van der Waals surface area contributed by atoms with Crippen molar-refractivity contribution in [2.24, 2.45) is 0 Å². The molecule has 0 saturated heterocycles. The van der Waals surface area contributed by atoms with Crippen molar-refractivity contribution in [1.29, 1.82) is 0 Å². The Kier molecular flexibility index (Phi) is 3.80. The van der Waals surface area contributed by atoms with Gasteiger partial charge in [0.05, 0.1) is 0 Å². The van der Waals surface area contributed by atoms with Crippen LogP contribution in [-0.2, 0) is 0 Å². The van der Waals surface area contributed by atoms with E-state index in [1.807, 2.05) is 50.2 Å². The number of benzene rings is 2. The molecular formula is C15H18N2O2. The molecule has 2 rings (SSSR count). The Hall–Kier alpha value is -2.36. The number of hydrogen-bond donors (Lipinski definition) is 2. The summed E-state index contributed by atoms with van der Waals surface area (Å²) in [5.41, 5.74) is 14.9. The highest BCUT2D eigenvalue weighted by Crippen LogP contribution is 2.23. The number of rotatable bonds is 4. The topological polar surface area (TPSA) is 70.5 Å². The van der Waals surface area contributed by atoms with Gasteiger partial charge in [0.1, 0.15) is 11.5 Å². The molecule has 0 amide bonds. The number of nitrogens with two attached hydrogens (primary N) is 2. The maximum atomic E-state index is 5.81. The third-order valence-electron chi connectivity index (χ3n) is 3.01. The Morgan fingerprint density at radius 3 is 2.47 bits per heavy atom. The van der Waals surface area contributed by atoms with Gasteiger partial charge in [-0.3, -0.25) is 0 Å². The van der Waals surface area contributed by atoms with E-state index in [9.17, 15) is 0 Å². The van der Waals surface area contributed by atoms with Crippen molar-refractivity contribution in [2.45, 2.75) is 13.8 Å². The molecule has 2 aromatic rings. The van der Waals surface area contributed by atoms with Gasteiger partial charge in [0.2, 0.25) is 6.79 Å². The lowest BCUT2D eigenvalue weighted by Gasteiger charge is -2.12. The first-order chi connectivity index (χ1) is 9.08. The summed E-state index contributed by atoms with van der Waals surface area (Å²) in [6.45, 7) is 3.98. The van der Waals surface area contributed by atoms with Gasteiger partial charge in [-0.1, -0.05) is 6.07 Å². The highest BCUT2D eigenvalue weighted by molar-refractivity contribution is 5.53. The van der Waals surface area contributed by atoms with Gasteiger partial charge in [0.15, 0.2) is 0 Å². The van der Waals surface area contributed by atoms with Gasteiger partial charge < -0.3 is 20.9 Å². The van der Waals surface area contributed by atoms with Gasteiger partial charge in [0, 0.05) is 16.9 Å². The second kappa shape index (κ2) is 5.52. The first-order valence-electron chi connectivity index (χ1n) is 6.04. The molecule has 0 aromatic heterocycles. The second-order valence-electron chi connectivity index (χ2n) is 4.40. The molecule has 4 nitrogen and oxygen atoms in total. The summed E-state index contributed by atoms with van der Waals surface area (Å²) in [6, 6.07) is 11.1. The monoisotopic (exact) mass is 258 g/mol. The van der Waals surface area contributed by atoms with Crippen molar-refractivity contribution in [3.8, 4) is 11.5 Å². The predicted molar refractivity (Wildman–Crippen MR) is 77.3 cm³/mol. The van der Waals surface area contributed by atoms with Crippen LogP contribution in [0.2, 0.25) is 0 Å². The van der Waals surface area contributed by atoms with Crippen LogP contribution in [0.1, 0.15) is 11.1 Å². The first-order valence-corrected chi connectivity index (χ1v) is 6.04. The van der Waals surface area contributed by atoms with Crippen LogP contribution in [0.25, 0.3) is 0 Å². The summed E-state index contributed by atoms with van der Waals surface area (Å²) < 4.78 is 11.1. The molecular weight excluding hydrogens is 240 g/mol. The highest BCUT2D eigenvalue weighted by Gasteiger charge is 2.03. The SMILES string of the molecule is Cc1cc(OCOc2cccc(N)c2C)ccc1N. The molecule has 0 unspecified atom stereocenters. The maximum Gasteiger partial charge on any atom is 0.230 e. The fourth-order valence-corrected chi connectivity index (χ4v) is 1.69. The normalized spacial score (nSPS) is 10.2. The van der Waals surface area contributed by atoms with Crippen molar-refractivity contribution in [1.82, 2.24) is 0 Å². The summed E-state index contributed by atoms with van der Waals surface area (Å²) in [5, 5.41) is 0. The van der Waals surface area contributed by atoms with E-state index in [1.54, 1.807) is 0 Å². The van der Waals surface area contributed by atoms with Gasteiger partial charge in [0.25, 0.3) is 0 Å². The molecule has 0 spiro atoms. The van der Waals surface area contributed by atoms with Crippen molar-refractivity contribution in [2.75, 3.05) is 18.3 Å². The maximum absolute atomic E-state index is 5.81. The quantitative estimate of drug-likeness (QED) is 0.653. The number of ether oxygens (including phenoxy) is 2. The molecule has 0 fully saturated rings. The van der Waals surface area contributed by atoms with Crippen molar-refractivity contribution in [3.63, 3.8) is 0 Å². The summed E-state index contributed by atoms with van der Waals surface area (Å²) >= 11 is 0. The van der Waals surface area contributed by atoms with Crippen molar-refractivity contribution in [3.05, 3.63) is 47.5 Å². The van der Waals surface area contributed by atoms with Crippen LogP contribution < -0.4 is 20.9 Å².